The van der Waals surface area contributed by atoms with Crippen LogP contribution in [0, 0.1) is 5.92 Å². The smallest absolute Gasteiger partial charge is 0.152 e. The Hall–Kier alpha value is 0.110. The van der Waals surface area contributed by atoms with Crippen molar-refractivity contribution in [3.8, 4) is 0 Å². The van der Waals surface area contributed by atoms with Gasteiger partial charge in [0.1, 0.15) is 0 Å². The average Bonchev–Trinajstić information content (AvgIpc) is 2.04. The van der Waals surface area contributed by atoms with Gasteiger partial charge in [-0.05, 0) is 12.3 Å². The quantitative estimate of drug-likeness (QED) is 0.646. The largest absolute Gasteiger partial charge is 0.287 e. The normalized spacial score (nSPS) is 16.4. The van der Waals surface area contributed by atoms with Crippen LogP contribution in [0.1, 0.15) is 40.0 Å². The van der Waals surface area contributed by atoms with Crippen LogP contribution in [0.4, 0.5) is 0 Å². The summed E-state index contributed by atoms with van der Waals surface area (Å²) in [4.78, 5) is 0. The molecule has 0 saturated carbocycles. The first-order chi connectivity index (χ1) is 5.65. The van der Waals surface area contributed by atoms with E-state index in [0.29, 0.717) is 5.92 Å². The Morgan fingerprint density at radius 1 is 1.17 bits per heavy atom. The molecule has 0 amide bonds. The maximum Gasteiger partial charge on any atom is 0.152 e. The highest BCUT2D eigenvalue weighted by Crippen LogP contribution is 2.19. The molecule has 0 N–H and O–H groups in total. The van der Waals surface area contributed by atoms with Crippen molar-refractivity contribution >= 4 is 11.1 Å². The molecule has 74 valence electrons. The molecule has 0 spiro atoms. The van der Waals surface area contributed by atoms with E-state index in [-0.39, 0.29) is 6.10 Å². The van der Waals surface area contributed by atoms with Crippen LogP contribution < -0.4 is 0 Å². The van der Waals surface area contributed by atoms with Gasteiger partial charge in [-0.2, -0.15) is 0 Å². The van der Waals surface area contributed by atoms with E-state index in [1.54, 1.807) is 6.26 Å². The van der Waals surface area contributed by atoms with Crippen molar-refractivity contribution in [2.24, 2.45) is 5.92 Å². The summed E-state index contributed by atoms with van der Waals surface area (Å²) in [5.74, 6) is 0.555. The summed E-state index contributed by atoms with van der Waals surface area (Å²) in [6.45, 7) is 6.38. The summed E-state index contributed by atoms with van der Waals surface area (Å²) < 4.78 is 16.2. The van der Waals surface area contributed by atoms with Gasteiger partial charge >= 0.3 is 0 Å². The van der Waals surface area contributed by atoms with E-state index in [0.717, 1.165) is 19.3 Å². The second-order valence-corrected chi connectivity index (χ2v) is 4.02. The highest BCUT2D eigenvalue weighted by molar-refractivity contribution is 7.79. The fourth-order valence-electron chi connectivity index (χ4n) is 1.47. The molecule has 0 aromatic carbocycles. The molecule has 0 aliphatic rings. The van der Waals surface area contributed by atoms with Crippen LogP contribution >= 0.6 is 0 Å². The molecule has 2 atom stereocenters. The molecule has 0 saturated heterocycles. The Balaban J connectivity index is 4.01. The predicted molar refractivity (Wildman–Crippen MR) is 53.3 cm³/mol. The van der Waals surface area contributed by atoms with Gasteiger partial charge in [0.25, 0.3) is 0 Å². The SMILES string of the molecule is CCC(CC)C(CC)OS(C)=O. The summed E-state index contributed by atoms with van der Waals surface area (Å²) >= 11 is -1.12. The minimum atomic E-state index is -1.12. The van der Waals surface area contributed by atoms with Crippen LogP contribution in [0.5, 0.6) is 0 Å². The Bertz CT molecular complexity index is 132. The first-order valence-corrected chi connectivity index (χ1v) is 6.14. The van der Waals surface area contributed by atoms with Gasteiger partial charge in [0.05, 0.1) is 6.10 Å². The maximum absolute atomic E-state index is 10.8. The van der Waals surface area contributed by atoms with Crippen LogP contribution in [-0.2, 0) is 15.3 Å². The average molecular weight is 192 g/mol. The zero-order valence-corrected chi connectivity index (χ0v) is 9.32. The van der Waals surface area contributed by atoms with E-state index in [1.165, 1.54) is 0 Å². The lowest BCUT2D eigenvalue weighted by atomic mass is 9.95. The second-order valence-electron chi connectivity index (χ2n) is 3.02. The molecule has 3 heteroatoms. The Labute approximate surface area is 78.4 Å². The van der Waals surface area contributed by atoms with Crippen molar-refractivity contribution in [3.05, 3.63) is 0 Å². The van der Waals surface area contributed by atoms with Gasteiger partial charge in [0.15, 0.2) is 11.1 Å². The van der Waals surface area contributed by atoms with E-state index in [1.807, 2.05) is 0 Å². The summed E-state index contributed by atoms with van der Waals surface area (Å²) in [5, 5.41) is 0. The summed E-state index contributed by atoms with van der Waals surface area (Å²) in [5.41, 5.74) is 0. The first kappa shape index (κ1) is 12.1. The molecule has 0 aliphatic carbocycles. The van der Waals surface area contributed by atoms with Crippen molar-refractivity contribution in [1.82, 2.24) is 0 Å². The second kappa shape index (κ2) is 6.61. The van der Waals surface area contributed by atoms with Crippen molar-refractivity contribution in [2.75, 3.05) is 6.26 Å². The molecular weight excluding hydrogens is 172 g/mol. The van der Waals surface area contributed by atoms with E-state index >= 15 is 0 Å². The summed E-state index contributed by atoms with van der Waals surface area (Å²) in [6, 6.07) is 0. The summed E-state index contributed by atoms with van der Waals surface area (Å²) in [6.07, 6.45) is 4.92. The molecule has 12 heavy (non-hydrogen) atoms. The third-order valence-electron chi connectivity index (χ3n) is 2.24. The minimum absolute atomic E-state index is 0.172. The predicted octanol–water partition coefficient (Wildman–Crippen LogP) is 2.51. The van der Waals surface area contributed by atoms with Gasteiger partial charge in [0.2, 0.25) is 0 Å². The van der Waals surface area contributed by atoms with E-state index in [4.69, 9.17) is 4.18 Å². The lowest BCUT2D eigenvalue weighted by Crippen LogP contribution is -2.23. The van der Waals surface area contributed by atoms with E-state index in [9.17, 15) is 4.21 Å². The molecule has 0 fully saturated rings. The molecule has 0 aromatic rings. The standard InChI is InChI=1S/C9H20O2S/c1-5-8(6-2)9(7-3)11-12(4)10/h8-9H,5-7H2,1-4H3. The molecule has 2 unspecified atom stereocenters. The molecule has 0 aromatic heterocycles. The van der Waals surface area contributed by atoms with Crippen molar-refractivity contribution in [2.45, 2.75) is 46.1 Å². The van der Waals surface area contributed by atoms with Gasteiger partial charge in [0, 0.05) is 6.26 Å². The third-order valence-corrected chi connectivity index (χ3v) is 2.75. The van der Waals surface area contributed by atoms with Gasteiger partial charge in [-0.25, -0.2) is 4.21 Å². The van der Waals surface area contributed by atoms with Gasteiger partial charge in [-0.1, -0.05) is 33.6 Å². The topological polar surface area (TPSA) is 26.3 Å². The van der Waals surface area contributed by atoms with Crippen LogP contribution in [-0.4, -0.2) is 16.6 Å². The lowest BCUT2D eigenvalue weighted by Gasteiger charge is -2.22. The Morgan fingerprint density at radius 2 is 1.67 bits per heavy atom. The molecule has 0 bridgehead atoms. The van der Waals surface area contributed by atoms with Crippen molar-refractivity contribution < 1.29 is 8.39 Å². The van der Waals surface area contributed by atoms with E-state index in [2.05, 4.69) is 20.8 Å². The van der Waals surface area contributed by atoms with Gasteiger partial charge in [-0.3, -0.25) is 4.18 Å². The monoisotopic (exact) mass is 192 g/mol. The molecule has 0 radical (unpaired) electrons. The molecule has 0 heterocycles. The number of hydrogen-bond acceptors (Lipinski definition) is 2. The van der Waals surface area contributed by atoms with Crippen LogP contribution in [0.25, 0.3) is 0 Å². The highest BCUT2D eigenvalue weighted by atomic mass is 32.2. The first-order valence-electron chi connectivity index (χ1n) is 4.66. The van der Waals surface area contributed by atoms with Gasteiger partial charge < -0.3 is 0 Å². The fourth-order valence-corrected chi connectivity index (χ4v) is 2.11. The number of hydrogen-bond donors (Lipinski definition) is 0. The zero-order valence-electron chi connectivity index (χ0n) is 8.50. The Kier molecular flexibility index (Phi) is 6.67. The third kappa shape index (κ3) is 4.21. The molecule has 2 nitrogen and oxygen atoms in total. The van der Waals surface area contributed by atoms with Crippen LogP contribution in [0.15, 0.2) is 0 Å². The zero-order chi connectivity index (χ0) is 9.56. The van der Waals surface area contributed by atoms with Crippen molar-refractivity contribution in [3.63, 3.8) is 0 Å². The molecule has 0 rings (SSSR count). The molecule has 0 aliphatic heterocycles. The van der Waals surface area contributed by atoms with E-state index < -0.39 is 11.1 Å². The fraction of sp³-hybridized carbons (Fsp3) is 1.00. The van der Waals surface area contributed by atoms with Gasteiger partial charge in [-0.15, -0.1) is 0 Å². The van der Waals surface area contributed by atoms with Crippen LogP contribution in [0.2, 0.25) is 0 Å². The summed E-state index contributed by atoms with van der Waals surface area (Å²) in [7, 11) is 0. The number of rotatable bonds is 6. The Morgan fingerprint density at radius 3 is 1.92 bits per heavy atom. The molecular formula is C9H20O2S. The minimum Gasteiger partial charge on any atom is -0.287 e. The van der Waals surface area contributed by atoms with Crippen LogP contribution in [0.3, 0.4) is 0 Å². The lowest BCUT2D eigenvalue weighted by molar-refractivity contribution is 0.141. The maximum atomic E-state index is 10.8. The highest BCUT2D eigenvalue weighted by Gasteiger charge is 2.18. The van der Waals surface area contributed by atoms with Crippen molar-refractivity contribution in [1.29, 1.82) is 0 Å².